The van der Waals surface area contributed by atoms with E-state index in [1.165, 1.54) is 0 Å². The Balaban J connectivity index is 0.000000504. The molecule has 10 heteroatoms. The Hall–Kier alpha value is 0.114. The third-order valence-corrected chi connectivity index (χ3v) is 9.71. The summed E-state index contributed by atoms with van der Waals surface area (Å²) in [6, 6.07) is 1.67. The van der Waals surface area contributed by atoms with E-state index >= 15 is 0 Å². The van der Waals surface area contributed by atoms with Crippen LogP contribution in [0.25, 0.3) is 0 Å². The summed E-state index contributed by atoms with van der Waals surface area (Å²) in [6.07, 6.45) is 2.25. The van der Waals surface area contributed by atoms with E-state index in [1.54, 1.807) is 42.7 Å². The molecule has 0 aromatic rings. The Morgan fingerprint density at radius 1 is 0.800 bits per heavy atom. The van der Waals surface area contributed by atoms with Crippen molar-refractivity contribution >= 4 is 17.6 Å². The zero-order valence-electron chi connectivity index (χ0n) is 16.8. The molecule has 0 radical (unpaired) electrons. The van der Waals surface area contributed by atoms with Gasteiger partial charge in [0.25, 0.3) is 0 Å². The second-order valence-corrected chi connectivity index (χ2v) is 11.7. The van der Waals surface area contributed by atoms with Crippen molar-refractivity contribution in [2.24, 2.45) is 0 Å². The lowest BCUT2D eigenvalue weighted by atomic mass is 10.5. The van der Waals surface area contributed by atoms with Crippen molar-refractivity contribution in [3.05, 3.63) is 0 Å². The van der Waals surface area contributed by atoms with Crippen LogP contribution in [0.1, 0.15) is 19.8 Å². The van der Waals surface area contributed by atoms with E-state index in [0.717, 1.165) is 31.5 Å². The summed E-state index contributed by atoms with van der Waals surface area (Å²) >= 11 is 0. The fourth-order valence-electron chi connectivity index (χ4n) is 2.19. The molecule has 1 aliphatic rings. The Labute approximate surface area is 154 Å². The molecule has 1 saturated heterocycles. The smallest absolute Gasteiger partial charge is 0.379 e. The van der Waals surface area contributed by atoms with Crippen LogP contribution in [0.3, 0.4) is 0 Å². The fraction of sp³-hybridized carbons (Fsp3) is 1.00. The SMILES string of the molecule is CCC[Si](OC)(OC)OC.CO[Si](CCCOCC1CO1)(OC)OC. The first kappa shape index (κ1) is 25.1. The van der Waals surface area contributed by atoms with Crippen molar-refractivity contribution < 1.29 is 36.0 Å². The van der Waals surface area contributed by atoms with Crippen molar-refractivity contribution in [3.63, 3.8) is 0 Å². The average molecular weight is 401 g/mol. The number of epoxide rings is 1. The molecule has 0 aromatic heterocycles. The number of hydrogen-bond acceptors (Lipinski definition) is 8. The number of rotatable bonds is 14. The van der Waals surface area contributed by atoms with Crippen LogP contribution >= 0.6 is 0 Å². The second-order valence-electron chi connectivity index (χ2n) is 5.47. The largest absolute Gasteiger partial charge is 0.500 e. The Morgan fingerprint density at radius 3 is 1.56 bits per heavy atom. The van der Waals surface area contributed by atoms with E-state index < -0.39 is 17.6 Å². The van der Waals surface area contributed by atoms with Gasteiger partial charge in [-0.25, -0.2) is 0 Å². The van der Waals surface area contributed by atoms with Crippen molar-refractivity contribution in [3.8, 4) is 0 Å². The van der Waals surface area contributed by atoms with Gasteiger partial charge in [0.1, 0.15) is 6.10 Å². The zero-order chi connectivity index (χ0) is 19.2. The van der Waals surface area contributed by atoms with E-state index in [9.17, 15) is 0 Å². The molecule has 25 heavy (non-hydrogen) atoms. The maximum Gasteiger partial charge on any atom is 0.500 e. The Morgan fingerprint density at radius 2 is 1.24 bits per heavy atom. The maximum absolute atomic E-state index is 5.42. The van der Waals surface area contributed by atoms with Gasteiger partial charge in [0.05, 0.1) is 13.2 Å². The molecule has 0 saturated carbocycles. The molecule has 1 atom stereocenters. The summed E-state index contributed by atoms with van der Waals surface area (Å²) in [5, 5.41) is 0. The molecular formula is C15H36O8Si2. The van der Waals surface area contributed by atoms with Gasteiger partial charge in [-0.3, -0.25) is 0 Å². The van der Waals surface area contributed by atoms with Crippen LogP contribution in [-0.2, 0) is 36.0 Å². The van der Waals surface area contributed by atoms with Gasteiger partial charge in [0.2, 0.25) is 0 Å². The first-order chi connectivity index (χ1) is 12.0. The molecule has 0 N–H and O–H groups in total. The van der Waals surface area contributed by atoms with Gasteiger partial charge in [-0.2, -0.15) is 0 Å². The molecule has 0 amide bonds. The summed E-state index contributed by atoms with van der Waals surface area (Å²) in [4.78, 5) is 0. The molecule has 1 rings (SSSR count). The van der Waals surface area contributed by atoms with E-state index in [4.69, 9.17) is 36.0 Å². The van der Waals surface area contributed by atoms with Gasteiger partial charge in [-0.1, -0.05) is 13.3 Å². The van der Waals surface area contributed by atoms with Gasteiger partial charge in [-0.15, -0.1) is 0 Å². The number of ether oxygens (including phenoxy) is 2. The van der Waals surface area contributed by atoms with Gasteiger partial charge >= 0.3 is 17.6 Å². The highest BCUT2D eigenvalue weighted by Crippen LogP contribution is 2.16. The Bertz CT molecular complexity index is 293. The third kappa shape index (κ3) is 10.1. The van der Waals surface area contributed by atoms with Crippen molar-refractivity contribution in [1.82, 2.24) is 0 Å². The molecule has 1 aliphatic heterocycles. The quantitative estimate of drug-likeness (QED) is 0.249. The predicted molar refractivity (Wildman–Crippen MR) is 98.6 cm³/mol. The lowest BCUT2D eigenvalue weighted by Crippen LogP contribution is -2.42. The highest BCUT2D eigenvalue weighted by atomic mass is 28.4. The topological polar surface area (TPSA) is 77.1 Å². The minimum absolute atomic E-state index is 0.333. The second kappa shape index (κ2) is 14.2. The molecule has 0 spiro atoms. The van der Waals surface area contributed by atoms with Crippen LogP contribution in [0.2, 0.25) is 12.1 Å². The van der Waals surface area contributed by atoms with Crippen molar-refractivity contribution in [1.29, 1.82) is 0 Å². The summed E-state index contributed by atoms with van der Waals surface area (Å²) in [5.41, 5.74) is 0. The molecular weight excluding hydrogens is 364 g/mol. The Kier molecular flexibility index (Phi) is 14.3. The predicted octanol–water partition coefficient (Wildman–Crippen LogP) is 1.94. The lowest BCUT2D eigenvalue weighted by molar-refractivity contribution is 0.100. The average Bonchev–Trinajstić information content (AvgIpc) is 3.48. The first-order valence-corrected chi connectivity index (χ1v) is 12.4. The minimum Gasteiger partial charge on any atom is -0.379 e. The van der Waals surface area contributed by atoms with E-state index in [2.05, 4.69) is 6.92 Å². The highest BCUT2D eigenvalue weighted by molar-refractivity contribution is 6.60. The van der Waals surface area contributed by atoms with E-state index in [1.807, 2.05) is 0 Å². The van der Waals surface area contributed by atoms with Crippen LogP contribution in [0.4, 0.5) is 0 Å². The van der Waals surface area contributed by atoms with Crippen LogP contribution in [0, 0.1) is 0 Å². The molecule has 1 unspecified atom stereocenters. The molecule has 152 valence electrons. The van der Waals surface area contributed by atoms with E-state index in [0.29, 0.717) is 19.3 Å². The van der Waals surface area contributed by atoms with Gasteiger partial charge in [-0.05, 0) is 6.42 Å². The van der Waals surface area contributed by atoms with Crippen LogP contribution in [0.5, 0.6) is 0 Å². The summed E-state index contributed by atoms with van der Waals surface area (Å²) in [5.74, 6) is 0. The summed E-state index contributed by atoms with van der Waals surface area (Å²) < 4.78 is 41.8. The molecule has 1 heterocycles. The first-order valence-electron chi connectivity index (χ1n) is 8.51. The monoisotopic (exact) mass is 400 g/mol. The molecule has 1 fully saturated rings. The normalized spacial score (nSPS) is 17.2. The molecule has 0 aliphatic carbocycles. The summed E-state index contributed by atoms with van der Waals surface area (Å²) in [7, 11) is 5.16. The van der Waals surface area contributed by atoms with Crippen LogP contribution in [0.15, 0.2) is 0 Å². The molecule has 0 bridgehead atoms. The lowest BCUT2D eigenvalue weighted by Gasteiger charge is -2.24. The zero-order valence-corrected chi connectivity index (χ0v) is 18.8. The third-order valence-electron chi connectivity index (χ3n) is 3.90. The van der Waals surface area contributed by atoms with Crippen LogP contribution < -0.4 is 0 Å². The highest BCUT2D eigenvalue weighted by Gasteiger charge is 2.37. The maximum atomic E-state index is 5.42. The standard InChI is InChI=1S/C9H20O5Si.C6H16O3Si/c1-10-15(11-2,12-3)6-4-5-13-7-9-8-14-9;1-5-6-10(7-2,8-3)9-4/h9H,4-8H2,1-3H3;5-6H2,1-4H3. The number of hydrogen-bond donors (Lipinski definition) is 0. The minimum atomic E-state index is -2.39. The molecule has 8 nitrogen and oxygen atoms in total. The fourth-order valence-corrected chi connectivity index (χ4v) is 5.60. The van der Waals surface area contributed by atoms with Crippen LogP contribution in [-0.4, -0.2) is 86.2 Å². The van der Waals surface area contributed by atoms with Gasteiger partial charge in [0.15, 0.2) is 0 Å². The van der Waals surface area contributed by atoms with E-state index in [-0.39, 0.29) is 0 Å². The van der Waals surface area contributed by atoms with Crippen molar-refractivity contribution in [2.75, 3.05) is 62.5 Å². The van der Waals surface area contributed by atoms with Gasteiger partial charge < -0.3 is 36.0 Å². The summed E-state index contributed by atoms with van der Waals surface area (Å²) in [6.45, 7) is 4.32. The van der Waals surface area contributed by atoms with Crippen molar-refractivity contribution in [2.45, 2.75) is 38.0 Å². The molecule has 0 aromatic carbocycles. The van der Waals surface area contributed by atoms with Gasteiger partial charge in [0, 0.05) is 61.4 Å².